The summed E-state index contributed by atoms with van der Waals surface area (Å²) in [6.45, 7) is 3.02. The molecule has 3 heteroatoms. The average molecular weight is 298 g/mol. The van der Waals surface area contributed by atoms with E-state index in [4.69, 9.17) is 4.74 Å². The molecule has 0 aromatic rings. The van der Waals surface area contributed by atoms with Crippen LogP contribution in [0.2, 0.25) is 0 Å². The van der Waals surface area contributed by atoms with Crippen molar-refractivity contribution < 1.29 is 25.8 Å². The van der Waals surface area contributed by atoms with E-state index in [1.807, 2.05) is 0 Å². The molecule has 1 aliphatic heterocycles. The smallest absolute Gasteiger partial charge is 0.658 e. The molecule has 0 aromatic carbocycles. The predicted octanol–water partition coefficient (Wildman–Crippen LogP) is 1.16. The summed E-state index contributed by atoms with van der Waals surface area (Å²) in [5.41, 5.74) is 0. The fourth-order valence-electron chi connectivity index (χ4n) is 0.998. The van der Waals surface area contributed by atoms with Crippen LogP contribution in [0.4, 0.5) is 0 Å². The first-order valence-corrected chi connectivity index (χ1v) is 3.02. The van der Waals surface area contributed by atoms with Crippen LogP contribution in [0.15, 0.2) is 0 Å². The summed E-state index contributed by atoms with van der Waals surface area (Å²) in [6.07, 6.45) is 1.52. The fourth-order valence-corrected chi connectivity index (χ4v) is 0.998. The van der Waals surface area contributed by atoms with E-state index in [1.165, 1.54) is 0 Å². The second-order valence-electron chi connectivity index (χ2n) is 2.31. The number of ether oxygens (including phenoxy) is 1. The summed E-state index contributed by atoms with van der Waals surface area (Å²) in [4.78, 5) is 0. The summed E-state index contributed by atoms with van der Waals surface area (Å²) in [7, 11) is 1.75. The molecule has 0 aliphatic carbocycles. The van der Waals surface area contributed by atoms with Crippen LogP contribution in [0, 0.1) is 0 Å². The Morgan fingerprint density at radius 3 is 2.44 bits per heavy atom. The SMILES string of the molecule is COC1C[N-]C(C)C1.[W+2]. The van der Waals surface area contributed by atoms with Crippen LogP contribution in [0.1, 0.15) is 13.3 Å². The first-order valence-electron chi connectivity index (χ1n) is 3.02. The van der Waals surface area contributed by atoms with Crippen LogP contribution in [0.3, 0.4) is 0 Å². The van der Waals surface area contributed by atoms with Crippen molar-refractivity contribution in [3.8, 4) is 0 Å². The number of hydrogen-bond donors (Lipinski definition) is 0. The minimum Gasteiger partial charge on any atom is -0.658 e. The van der Waals surface area contributed by atoms with E-state index in [-0.39, 0.29) is 21.1 Å². The molecule has 2 nitrogen and oxygen atoms in total. The molecule has 1 rings (SSSR count). The Morgan fingerprint density at radius 1 is 1.56 bits per heavy atom. The third-order valence-corrected chi connectivity index (χ3v) is 1.56. The molecule has 1 saturated heterocycles. The van der Waals surface area contributed by atoms with Crippen molar-refractivity contribution >= 4 is 0 Å². The fraction of sp³-hybridized carbons (Fsp3) is 1.00. The van der Waals surface area contributed by atoms with Gasteiger partial charge < -0.3 is 10.1 Å². The minimum absolute atomic E-state index is 0. The molecule has 0 N–H and O–H groups in total. The summed E-state index contributed by atoms with van der Waals surface area (Å²) in [5.74, 6) is 0. The van der Waals surface area contributed by atoms with Gasteiger partial charge in [-0.2, -0.15) is 0 Å². The maximum Gasteiger partial charge on any atom is 2.00 e. The van der Waals surface area contributed by atoms with E-state index in [1.54, 1.807) is 7.11 Å². The first-order chi connectivity index (χ1) is 3.83. The summed E-state index contributed by atoms with van der Waals surface area (Å²) in [5, 5.41) is 4.26. The van der Waals surface area contributed by atoms with Gasteiger partial charge in [-0.25, -0.2) is 0 Å². The van der Waals surface area contributed by atoms with Crippen molar-refractivity contribution in [2.24, 2.45) is 0 Å². The summed E-state index contributed by atoms with van der Waals surface area (Å²) < 4.78 is 5.09. The molecule has 52 valence electrons. The summed E-state index contributed by atoms with van der Waals surface area (Å²) in [6, 6.07) is 0.528. The van der Waals surface area contributed by atoms with E-state index >= 15 is 0 Å². The van der Waals surface area contributed by atoms with Gasteiger partial charge >= 0.3 is 21.1 Å². The standard InChI is InChI=1S/C6H12NO.W/c1-5-3-6(8-2)4-7-5;/h5-6H,3-4H2,1-2H3;/q-1;+2. The monoisotopic (exact) mass is 298 g/mol. The van der Waals surface area contributed by atoms with Gasteiger partial charge in [-0.15, -0.1) is 12.6 Å². The number of hydrogen-bond acceptors (Lipinski definition) is 1. The molecule has 0 radical (unpaired) electrons. The van der Waals surface area contributed by atoms with Crippen LogP contribution >= 0.6 is 0 Å². The molecule has 1 heterocycles. The number of rotatable bonds is 1. The molecule has 0 bridgehead atoms. The molecule has 1 fully saturated rings. The van der Waals surface area contributed by atoms with E-state index in [0.29, 0.717) is 12.1 Å². The van der Waals surface area contributed by atoms with E-state index in [2.05, 4.69) is 12.2 Å². The van der Waals surface area contributed by atoms with Gasteiger partial charge in [0.1, 0.15) is 0 Å². The van der Waals surface area contributed by atoms with Crippen molar-refractivity contribution in [2.75, 3.05) is 13.7 Å². The third-order valence-electron chi connectivity index (χ3n) is 1.56. The normalized spacial score (nSPS) is 34.0. The quantitative estimate of drug-likeness (QED) is 0.712. The largest absolute Gasteiger partial charge is 2.00 e. The topological polar surface area (TPSA) is 23.3 Å². The molecule has 1 aliphatic rings. The Bertz CT molecular complexity index is 79.5. The molecule has 0 aromatic heterocycles. The molecular formula is C6H12NOW+. The first kappa shape index (κ1) is 9.61. The summed E-state index contributed by atoms with van der Waals surface area (Å²) >= 11 is 0. The second kappa shape index (κ2) is 4.43. The Balaban J connectivity index is 0.000000640. The molecule has 0 saturated carbocycles. The Morgan fingerprint density at radius 2 is 2.22 bits per heavy atom. The molecule has 0 amide bonds. The molecule has 9 heavy (non-hydrogen) atoms. The van der Waals surface area contributed by atoms with Gasteiger partial charge in [0.05, 0.1) is 0 Å². The zero-order chi connectivity index (χ0) is 5.98. The Kier molecular flexibility index (Phi) is 4.73. The Labute approximate surface area is 70.6 Å². The predicted molar refractivity (Wildman–Crippen MR) is 33.1 cm³/mol. The van der Waals surface area contributed by atoms with Crippen LogP contribution in [0.5, 0.6) is 0 Å². The van der Waals surface area contributed by atoms with Crippen LogP contribution < -0.4 is 0 Å². The zero-order valence-corrected chi connectivity index (χ0v) is 8.77. The Hall–Kier alpha value is 0.608. The van der Waals surface area contributed by atoms with E-state index < -0.39 is 0 Å². The van der Waals surface area contributed by atoms with Crippen molar-refractivity contribution in [3.63, 3.8) is 0 Å². The van der Waals surface area contributed by atoms with Gasteiger partial charge in [0.15, 0.2) is 0 Å². The average Bonchev–Trinajstić information content (AvgIpc) is 2.14. The van der Waals surface area contributed by atoms with Crippen LogP contribution in [-0.4, -0.2) is 25.8 Å². The second-order valence-corrected chi connectivity index (χ2v) is 2.31. The minimum atomic E-state index is 0. The maximum atomic E-state index is 5.09. The van der Waals surface area contributed by atoms with E-state index in [9.17, 15) is 0 Å². The third kappa shape index (κ3) is 2.79. The van der Waals surface area contributed by atoms with Crippen molar-refractivity contribution in [1.29, 1.82) is 0 Å². The van der Waals surface area contributed by atoms with Gasteiger partial charge in [0.2, 0.25) is 0 Å². The van der Waals surface area contributed by atoms with Crippen molar-refractivity contribution in [3.05, 3.63) is 5.32 Å². The van der Waals surface area contributed by atoms with Crippen molar-refractivity contribution in [1.82, 2.24) is 0 Å². The van der Waals surface area contributed by atoms with Crippen LogP contribution in [0.25, 0.3) is 5.32 Å². The maximum absolute atomic E-state index is 5.09. The zero-order valence-electron chi connectivity index (χ0n) is 5.83. The molecular weight excluding hydrogens is 286 g/mol. The van der Waals surface area contributed by atoms with Gasteiger partial charge in [-0.1, -0.05) is 6.92 Å². The molecule has 0 spiro atoms. The van der Waals surface area contributed by atoms with Gasteiger partial charge in [0, 0.05) is 13.2 Å². The van der Waals surface area contributed by atoms with Crippen molar-refractivity contribution in [2.45, 2.75) is 25.5 Å². The van der Waals surface area contributed by atoms with E-state index in [0.717, 1.165) is 13.0 Å². The number of methoxy groups -OCH3 is 1. The number of nitrogens with zero attached hydrogens (tertiary/aromatic N) is 1. The molecule has 2 unspecified atom stereocenters. The van der Waals surface area contributed by atoms with Gasteiger partial charge in [-0.05, 0) is 6.42 Å². The van der Waals surface area contributed by atoms with Crippen LogP contribution in [-0.2, 0) is 25.8 Å². The van der Waals surface area contributed by atoms with Gasteiger partial charge in [-0.3, -0.25) is 0 Å². The van der Waals surface area contributed by atoms with Gasteiger partial charge in [0.25, 0.3) is 0 Å². The molecule has 2 atom stereocenters.